The van der Waals surface area contributed by atoms with E-state index in [9.17, 15) is 4.79 Å². The quantitative estimate of drug-likeness (QED) is 0.340. The van der Waals surface area contributed by atoms with E-state index < -0.39 is 0 Å². The fourth-order valence-corrected chi connectivity index (χ4v) is 5.31. The highest BCUT2D eigenvalue weighted by atomic mass is 32.2. The van der Waals surface area contributed by atoms with Crippen LogP contribution >= 0.6 is 59.7 Å². The van der Waals surface area contributed by atoms with Crippen molar-refractivity contribution in [3.05, 3.63) is 0 Å². The Morgan fingerprint density at radius 2 is 1.24 bits per heavy atom. The Morgan fingerprint density at radius 1 is 0.810 bits per heavy atom. The minimum atomic E-state index is 0.172. The van der Waals surface area contributed by atoms with Crippen molar-refractivity contribution in [1.29, 1.82) is 0 Å². The molecule has 0 radical (unpaired) electrons. The van der Waals surface area contributed by atoms with Gasteiger partial charge in [0.2, 0.25) is 5.91 Å². The molecule has 0 heterocycles. The number of carbonyl (C=O) groups is 1. The summed E-state index contributed by atoms with van der Waals surface area (Å²) in [6, 6.07) is 0. The average Bonchev–Trinajstić information content (AvgIpc) is 2.51. The predicted molar refractivity (Wildman–Crippen MR) is 111 cm³/mol. The number of hydrogen-bond acceptors (Lipinski definition) is 6. The van der Waals surface area contributed by atoms with Crippen LogP contribution in [0.5, 0.6) is 0 Å². The third kappa shape index (κ3) is 14.5. The van der Waals surface area contributed by atoms with Gasteiger partial charge in [0, 0.05) is 47.6 Å². The monoisotopic (exact) mass is 387 g/mol. The lowest BCUT2D eigenvalue weighted by atomic mass is 10.5. The molecular weight excluding hydrogens is 358 g/mol. The van der Waals surface area contributed by atoms with Crippen molar-refractivity contribution in [2.75, 3.05) is 64.9 Å². The summed E-state index contributed by atoms with van der Waals surface area (Å²) in [5, 5.41) is 0. The number of carbonyl (C=O) groups excluding carboxylic acids is 1. The van der Waals surface area contributed by atoms with E-state index in [2.05, 4.69) is 26.5 Å². The zero-order valence-corrected chi connectivity index (χ0v) is 17.4. The number of thioether (sulfide) groups is 4. The smallest absolute Gasteiger partial charge is 0.232 e. The topological polar surface area (TPSA) is 20.3 Å². The zero-order chi connectivity index (χ0) is 15.8. The summed E-state index contributed by atoms with van der Waals surface area (Å²) in [5.41, 5.74) is 0. The second-order valence-electron chi connectivity index (χ2n) is 4.16. The van der Waals surface area contributed by atoms with Gasteiger partial charge in [-0.3, -0.25) is 4.79 Å². The van der Waals surface area contributed by atoms with Crippen molar-refractivity contribution in [1.82, 2.24) is 4.90 Å². The number of amides is 1. The first-order chi connectivity index (χ1) is 10.3. The van der Waals surface area contributed by atoms with Crippen molar-refractivity contribution in [2.24, 2.45) is 0 Å². The van der Waals surface area contributed by atoms with E-state index in [1.807, 2.05) is 51.9 Å². The summed E-state index contributed by atoms with van der Waals surface area (Å²) >= 11 is 12.0. The van der Waals surface area contributed by atoms with Crippen molar-refractivity contribution < 1.29 is 4.79 Å². The lowest BCUT2D eigenvalue weighted by Gasteiger charge is -2.21. The molecule has 0 rings (SSSR count). The normalized spacial score (nSPS) is 10.8. The minimum absolute atomic E-state index is 0.172. The van der Waals surface area contributed by atoms with Crippen LogP contribution in [0.1, 0.15) is 13.8 Å². The zero-order valence-electron chi connectivity index (χ0n) is 13.2. The van der Waals surface area contributed by atoms with Crippen LogP contribution in [0, 0.1) is 0 Å². The SMILES string of the molecule is CCSCCSCCN(CCSCCSCC)C(=O)CS. The molecule has 0 aliphatic heterocycles. The van der Waals surface area contributed by atoms with Gasteiger partial charge in [0.25, 0.3) is 0 Å². The largest absolute Gasteiger partial charge is 0.340 e. The second kappa shape index (κ2) is 17.6. The molecule has 0 aliphatic rings. The fraction of sp³-hybridized carbons (Fsp3) is 0.929. The predicted octanol–water partition coefficient (Wildman–Crippen LogP) is 3.72. The molecule has 0 aromatic heterocycles. The summed E-state index contributed by atoms with van der Waals surface area (Å²) in [5.74, 6) is 9.77. The van der Waals surface area contributed by atoms with E-state index >= 15 is 0 Å². The number of nitrogens with zero attached hydrogens (tertiary/aromatic N) is 1. The van der Waals surface area contributed by atoms with Crippen LogP contribution in [0.3, 0.4) is 0 Å². The molecule has 0 fully saturated rings. The Kier molecular flexibility index (Phi) is 18.6. The van der Waals surface area contributed by atoms with Gasteiger partial charge in [-0.15, -0.1) is 0 Å². The Morgan fingerprint density at radius 3 is 1.62 bits per heavy atom. The van der Waals surface area contributed by atoms with Crippen LogP contribution in [0.25, 0.3) is 0 Å². The average molecular weight is 388 g/mol. The molecule has 2 nitrogen and oxygen atoms in total. The number of rotatable bonds is 15. The second-order valence-corrected chi connectivity index (χ2v) is 9.71. The van der Waals surface area contributed by atoms with Crippen molar-refractivity contribution >= 4 is 65.6 Å². The van der Waals surface area contributed by atoms with E-state index in [-0.39, 0.29) is 5.91 Å². The highest BCUT2D eigenvalue weighted by Gasteiger charge is 2.11. The molecule has 0 unspecified atom stereocenters. The van der Waals surface area contributed by atoms with E-state index in [0.717, 1.165) is 24.6 Å². The maximum absolute atomic E-state index is 11.9. The van der Waals surface area contributed by atoms with Gasteiger partial charge in [-0.1, -0.05) is 13.8 Å². The van der Waals surface area contributed by atoms with Gasteiger partial charge in [-0.2, -0.15) is 59.7 Å². The fourth-order valence-electron chi connectivity index (χ4n) is 1.54. The molecule has 0 saturated heterocycles. The van der Waals surface area contributed by atoms with Gasteiger partial charge in [-0.05, 0) is 11.5 Å². The van der Waals surface area contributed by atoms with Gasteiger partial charge in [0.1, 0.15) is 0 Å². The third-order valence-corrected chi connectivity index (χ3v) is 7.17. The Balaban J connectivity index is 3.70. The standard InChI is InChI=1S/C14H29NOS5/c1-3-18-9-11-20-7-5-15(14(16)13-17)6-8-21-12-10-19-4-2/h17H,3-13H2,1-2H3. The molecule has 0 bridgehead atoms. The van der Waals surface area contributed by atoms with Gasteiger partial charge >= 0.3 is 0 Å². The lowest BCUT2D eigenvalue weighted by molar-refractivity contribution is -0.127. The van der Waals surface area contributed by atoms with E-state index in [1.54, 1.807) is 0 Å². The van der Waals surface area contributed by atoms with E-state index in [1.165, 1.54) is 34.5 Å². The number of hydrogen-bond donors (Lipinski definition) is 1. The molecule has 1 amide bonds. The van der Waals surface area contributed by atoms with Crippen molar-refractivity contribution in [3.8, 4) is 0 Å². The lowest BCUT2D eigenvalue weighted by Crippen LogP contribution is -2.36. The summed E-state index contributed by atoms with van der Waals surface area (Å²) in [4.78, 5) is 13.8. The highest BCUT2D eigenvalue weighted by molar-refractivity contribution is 8.03. The van der Waals surface area contributed by atoms with Crippen LogP contribution in [0.15, 0.2) is 0 Å². The molecule has 126 valence electrons. The first-order valence-corrected chi connectivity index (χ1v) is 12.7. The summed E-state index contributed by atoms with van der Waals surface area (Å²) in [6.45, 7) is 6.12. The first kappa shape index (κ1) is 22.2. The number of thiol groups is 1. The Bertz CT molecular complexity index is 227. The van der Waals surface area contributed by atoms with Gasteiger partial charge in [0.05, 0.1) is 5.75 Å². The summed E-state index contributed by atoms with van der Waals surface area (Å²) in [6.07, 6.45) is 0. The molecule has 0 aliphatic carbocycles. The van der Waals surface area contributed by atoms with Crippen molar-refractivity contribution in [2.45, 2.75) is 13.8 Å². The highest BCUT2D eigenvalue weighted by Crippen LogP contribution is 2.09. The molecule has 0 aromatic carbocycles. The van der Waals surface area contributed by atoms with E-state index in [4.69, 9.17) is 0 Å². The van der Waals surface area contributed by atoms with Gasteiger partial charge in [-0.25, -0.2) is 0 Å². The Hall–Kier alpha value is 1.22. The van der Waals surface area contributed by atoms with Crippen LogP contribution in [-0.2, 0) is 4.79 Å². The maximum atomic E-state index is 11.9. The minimum Gasteiger partial charge on any atom is -0.340 e. The van der Waals surface area contributed by atoms with Gasteiger partial charge in [0.15, 0.2) is 0 Å². The molecular formula is C14H29NOS5. The van der Waals surface area contributed by atoms with Crippen LogP contribution < -0.4 is 0 Å². The molecule has 7 heteroatoms. The van der Waals surface area contributed by atoms with Crippen LogP contribution in [-0.4, -0.2) is 75.7 Å². The van der Waals surface area contributed by atoms with Gasteiger partial charge < -0.3 is 4.90 Å². The molecule has 0 saturated carbocycles. The van der Waals surface area contributed by atoms with Crippen LogP contribution in [0.4, 0.5) is 0 Å². The maximum Gasteiger partial charge on any atom is 0.232 e. The molecule has 0 spiro atoms. The molecule has 0 aromatic rings. The molecule has 0 atom stereocenters. The molecule has 21 heavy (non-hydrogen) atoms. The Labute approximate surface area is 153 Å². The summed E-state index contributed by atoms with van der Waals surface area (Å²) in [7, 11) is 0. The van der Waals surface area contributed by atoms with Crippen LogP contribution in [0.2, 0.25) is 0 Å². The first-order valence-electron chi connectivity index (χ1n) is 7.45. The third-order valence-electron chi connectivity index (χ3n) is 2.65. The summed E-state index contributed by atoms with van der Waals surface area (Å²) < 4.78 is 0. The van der Waals surface area contributed by atoms with Crippen molar-refractivity contribution in [3.63, 3.8) is 0 Å². The van der Waals surface area contributed by atoms with E-state index in [0.29, 0.717) is 5.75 Å². The molecule has 0 N–H and O–H groups in total.